The number of hydrogen-bond acceptors (Lipinski definition) is 6. The normalized spacial score (nSPS) is 18.7. The molecule has 1 saturated heterocycles. The Morgan fingerprint density at radius 3 is 0.758 bits per heavy atom. The van der Waals surface area contributed by atoms with Gasteiger partial charge in [0, 0.05) is 77.4 Å². The van der Waals surface area contributed by atoms with E-state index in [1.54, 1.807) is 0 Å². The highest BCUT2D eigenvalue weighted by molar-refractivity contribution is 7.64. The van der Waals surface area contributed by atoms with Crippen molar-refractivity contribution in [1.82, 2.24) is 14.7 Å². The first-order chi connectivity index (χ1) is 15.6. The molecule has 0 spiro atoms. The van der Waals surface area contributed by atoms with Gasteiger partial charge >= 0.3 is 0 Å². The lowest BCUT2D eigenvalue weighted by molar-refractivity contribution is 0.233. The van der Waals surface area contributed by atoms with E-state index >= 15 is 0 Å². The fourth-order valence-electron chi connectivity index (χ4n) is 4.45. The summed E-state index contributed by atoms with van der Waals surface area (Å²) in [4.78, 5) is 7.46. The maximum Gasteiger partial charge on any atom is 0.0884 e. The van der Waals surface area contributed by atoms with E-state index in [0.717, 1.165) is 114 Å². The lowest BCUT2D eigenvalue weighted by atomic mass is 10.4. The molecule has 0 aliphatic carbocycles. The molecule has 1 heterocycles. The summed E-state index contributed by atoms with van der Waals surface area (Å²) in [6, 6.07) is 0. The second-order valence-corrected chi connectivity index (χ2v) is 21.3. The van der Waals surface area contributed by atoms with Crippen molar-refractivity contribution in [2.24, 2.45) is 0 Å². The molecule has 198 valence electrons. The second-order valence-electron chi connectivity index (χ2n) is 9.77. The fourth-order valence-corrected chi connectivity index (χ4v) is 9.63. The van der Waals surface area contributed by atoms with E-state index in [2.05, 4.69) is 56.2 Å². The van der Waals surface area contributed by atoms with Crippen molar-refractivity contribution in [2.45, 2.75) is 41.5 Å². The van der Waals surface area contributed by atoms with Crippen LogP contribution in [0, 0.1) is 0 Å². The maximum atomic E-state index is 13.0. The van der Waals surface area contributed by atoms with Crippen LogP contribution in [0.5, 0.6) is 0 Å². The van der Waals surface area contributed by atoms with Crippen molar-refractivity contribution in [1.29, 1.82) is 0 Å². The minimum atomic E-state index is -2.04. The van der Waals surface area contributed by atoms with Gasteiger partial charge in [-0.05, 0) is 37.0 Å². The van der Waals surface area contributed by atoms with Crippen LogP contribution in [0.25, 0.3) is 0 Å². The minimum absolute atomic E-state index is 0.794. The molecule has 0 aromatic rings. The molecule has 0 bridgehead atoms. The zero-order chi connectivity index (χ0) is 25.0. The zero-order valence-electron chi connectivity index (χ0n) is 22.6. The summed E-state index contributed by atoms with van der Waals surface area (Å²) < 4.78 is 39.0. The average molecular weight is 526 g/mol. The van der Waals surface area contributed by atoms with E-state index < -0.39 is 21.4 Å². The van der Waals surface area contributed by atoms with Crippen molar-refractivity contribution < 1.29 is 13.7 Å². The molecule has 1 aliphatic heterocycles. The van der Waals surface area contributed by atoms with Crippen molar-refractivity contribution in [3.63, 3.8) is 0 Å². The van der Waals surface area contributed by atoms with Crippen LogP contribution in [0.2, 0.25) is 0 Å². The Morgan fingerprint density at radius 2 is 0.606 bits per heavy atom. The van der Waals surface area contributed by atoms with E-state index in [1.165, 1.54) is 0 Å². The van der Waals surface area contributed by atoms with Gasteiger partial charge in [0.1, 0.15) is 0 Å². The van der Waals surface area contributed by atoms with Crippen molar-refractivity contribution >= 4 is 21.4 Å². The molecule has 33 heavy (non-hydrogen) atoms. The highest BCUT2D eigenvalue weighted by atomic mass is 31.2. The largest absolute Gasteiger partial charge is 0.324 e. The maximum absolute atomic E-state index is 13.0. The van der Waals surface area contributed by atoms with Gasteiger partial charge in [0.25, 0.3) is 0 Å². The van der Waals surface area contributed by atoms with Crippen LogP contribution < -0.4 is 0 Å². The molecule has 1 rings (SSSR count). The van der Waals surface area contributed by atoms with Crippen LogP contribution in [0.3, 0.4) is 0 Å². The topological polar surface area (TPSA) is 60.9 Å². The van der Waals surface area contributed by atoms with Gasteiger partial charge in [-0.1, -0.05) is 41.5 Å². The number of nitrogens with zero attached hydrogens (tertiary/aromatic N) is 3. The van der Waals surface area contributed by atoms with E-state index in [-0.39, 0.29) is 0 Å². The molecule has 0 radical (unpaired) electrons. The molecule has 0 unspecified atom stereocenters. The molecule has 0 amide bonds. The van der Waals surface area contributed by atoms with Crippen LogP contribution in [0.1, 0.15) is 41.5 Å². The summed E-state index contributed by atoms with van der Waals surface area (Å²) in [6.45, 7) is 20.9. The van der Waals surface area contributed by atoms with Gasteiger partial charge in [-0.3, -0.25) is 0 Å². The standard InChI is InChI=1S/C24H54N3O3P3/c1-7-31(28,8-2)22-19-25-13-15-26(20-23-32(29,9-3)10-4)17-18-27(16-14-25)21-24-33(30,11-5)12-6/h7-24H2,1-6H3. The predicted octanol–water partition coefficient (Wildman–Crippen LogP) is 5.11. The molecule has 6 nitrogen and oxygen atoms in total. The lowest BCUT2D eigenvalue weighted by Crippen LogP contribution is -2.38. The van der Waals surface area contributed by atoms with Crippen molar-refractivity contribution in [3.8, 4) is 0 Å². The Balaban J connectivity index is 2.87. The summed E-state index contributed by atoms with van der Waals surface area (Å²) in [5.41, 5.74) is 0. The first kappa shape index (κ1) is 31.6. The molecule has 0 aromatic heterocycles. The molecule has 0 saturated carbocycles. The summed E-state index contributed by atoms with van der Waals surface area (Å²) in [5, 5.41) is 0. The number of hydrogen-bond donors (Lipinski definition) is 0. The molecular formula is C24H54N3O3P3. The third-order valence-corrected chi connectivity index (χ3v) is 18.1. The summed E-state index contributed by atoms with van der Waals surface area (Å²) in [5.74, 6) is 0. The smallest absolute Gasteiger partial charge is 0.0884 e. The molecule has 0 N–H and O–H groups in total. The summed E-state index contributed by atoms with van der Waals surface area (Å²) >= 11 is 0. The first-order valence-corrected chi connectivity index (χ1v) is 20.3. The highest BCUT2D eigenvalue weighted by Crippen LogP contribution is 2.45. The van der Waals surface area contributed by atoms with Crippen molar-refractivity contribution in [3.05, 3.63) is 0 Å². The van der Waals surface area contributed by atoms with Gasteiger partial charge in [0.05, 0.1) is 21.4 Å². The highest BCUT2D eigenvalue weighted by Gasteiger charge is 2.24. The van der Waals surface area contributed by atoms with Crippen LogP contribution >= 0.6 is 21.4 Å². The lowest BCUT2D eigenvalue weighted by Gasteiger charge is -2.28. The number of rotatable bonds is 15. The summed E-state index contributed by atoms with van der Waals surface area (Å²) in [7, 11) is -6.13. The Kier molecular flexibility index (Phi) is 15.0. The molecule has 0 aromatic carbocycles. The Labute approximate surface area is 205 Å². The van der Waals surface area contributed by atoms with Crippen LogP contribution in [-0.2, 0) is 13.7 Å². The second kappa shape index (κ2) is 15.6. The molecule has 1 aliphatic rings. The van der Waals surface area contributed by atoms with Gasteiger partial charge in [0.2, 0.25) is 0 Å². The minimum Gasteiger partial charge on any atom is -0.324 e. The van der Waals surface area contributed by atoms with Gasteiger partial charge in [0.15, 0.2) is 0 Å². The Hall–Kier alpha value is 0.570. The SMILES string of the molecule is CCP(=O)(CC)CCN1CCN(CCP(=O)(CC)CC)CCN(CCP(=O)(CC)CC)CC1. The van der Waals surface area contributed by atoms with E-state index in [0.29, 0.717) is 0 Å². The van der Waals surface area contributed by atoms with E-state index in [4.69, 9.17) is 0 Å². The monoisotopic (exact) mass is 525 g/mol. The average Bonchev–Trinajstić information content (AvgIpc) is 2.95. The molecular weight excluding hydrogens is 471 g/mol. The van der Waals surface area contributed by atoms with Gasteiger partial charge in [-0.15, -0.1) is 0 Å². The van der Waals surface area contributed by atoms with Crippen LogP contribution in [0.4, 0.5) is 0 Å². The summed E-state index contributed by atoms with van der Waals surface area (Å²) in [6.07, 6.45) is 7.19. The predicted molar refractivity (Wildman–Crippen MR) is 150 cm³/mol. The van der Waals surface area contributed by atoms with Gasteiger partial charge in [-0.25, -0.2) is 0 Å². The molecule has 0 atom stereocenters. The van der Waals surface area contributed by atoms with Gasteiger partial charge in [-0.2, -0.15) is 0 Å². The Morgan fingerprint density at radius 1 is 0.424 bits per heavy atom. The zero-order valence-corrected chi connectivity index (χ0v) is 25.3. The van der Waals surface area contributed by atoms with Crippen LogP contribution in [0.15, 0.2) is 0 Å². The third kappa shape index (κ3) is 11.4. The van der Waals surface area contributed by atoms with E-state index in [9.17, 15) is 13.7 Å². The van der Waals surface area contributed by atoms with Crippen LogP contribution in [-0.4, -0.2) is 129 Å². The fraction of sp³-hybridized carbons (Fsp3) is 1.00. The first-order valence-electron chi connectivity index (χ1n) is 13.5. The Bertz CT molecular complexity index is 563. The molecule has 9 heteroatoms. The molecule has 1 fully saturated rings. The van der Waals surface area contributed by atoms with Crippen molar-refractivity contribution in [2.75, 3.05) is 114 Å². The van der Waals surface area contributed by atoms with Gasteiger partial charge < -0.3 is 28.4 Å². The third-order valence-electron chi connectivity index (χ3n) is 8.13. The quantitative estimate of drug-likeness (QED) is 0.277. The van der Waals surface area contributed by atoms with E-state index in [1.807, 2.05) is 0 Å².